The number of ketones is 1. The van der Waals surface area contributed by atoms with Gasteiger partial charge in [-0.2, -0.15) is 0 Å². The van der Waals surface area contributed by atoms with E-state index in [1.54, 1.807) is 6.92 Å². The summed E-state index contributed by atoms with van der Waals surface area (Å²) in [5, 5.41) is 8.54. The first-order valence-electron chi connectivity index (χ1n) is 13.3. The molecule has 1 aliphatic rings. The summed E-state index contributed by atoms with van der Waals surface area (Å²) in [7, 11) is 0. The number of hydrogen-bond acceptors (Lipinski definition) is 2. The summed E-state index contributed by atoms with van der Waals surface area (Å²) in [6, 6.07) is 16.4. The molecule has 1 atom stereocenters. The molecule has 1 N–H and O–H groups in total. The number of aliphatic hydroxyl groups is 1. The molecular weight excluding hydrogens is 440 g/mol. The number of aliphatic hydroxyl groups excluding tert-OH is 1. The van der Waals surface area contributed by atoms with Crippen molar-refractivity contribution in [1.29, 1.82) is 0 Å². The van der Waals surface area contributed by atoms with Crippen molar-refractivity contribution in [3.63, 3.8) is 0 Å². The highest BCUT2D eigenvalue weighted by Crippen LogP contribution is 2.36. The van der Waals surface area contributed by atoms with Crippen molar-refractivity contribution in [2.24, 2.45) is 5.41 Å². The molecule has 2 heteroatoms. The van der Waals surface area contributed by atoms with Crippen LogP contribution >= 0.6 is 0 Å². The van der Waals surface area contributed by atoms with E-state index in [1.165, 1.54) is 48.8 Å². The zero-order chi connectivity index (χ0) is 26.8. The first-order valence-corrected chi connectivity index (χ1v) is 13.3. The third-order valence-corrected chi connectivity index (χ3v) is 6.47. The molecule has 2 nitrogen and oxygen atoms in total. The van der Waals surface area contributed by atoms with Crippen LogP contribution in [0.2, 0.25) is 0 Å². The van der Waals surface area contributed by atoms with Gasteiger partial charge in [0, 0.05) is 17.4 Å². The second kappa shape index (κ2) is 17.5. The second-order valence-electron chi connectivity index (χ2n) is 9.59. The lowest BCUT2D eigenvalue weighted by molar-refractivity contribution is 0.101. The number of Topliss-reactive ketones (excluding diaryl/α,β-unsaturated/α-hetero) is 1. The van der Waals surface area contributed by atoms with Crippen molar-refractivity contribution in [1.82, 2.24) is 0 Å². The van der Waals surface area contributed by atoms with E-state index in [2.05, 4.69) is 50.0 Å². The third kappa shape index (κ3) is 11.7. The van der Waals surface area contributed by atoms with Crippen molar-refractivity contribution < 1.29 is 9.90 Å². The van der Waals surface area contributed by atoms with Gasteiger partial charge in [0.2, 0.25) is 0 Å². The SMILES string of the molecule is C/C=C\C(=C/C)CO.CC(=O)c1ccc(C)cc1.CCCC1(Cc2ccccc2C)C#CCCCC1. The minimum Gasteiger partial charge on any atom is -0.392 e. The molecule has 2 aromatic rings. The number of carbonyl (C=O) groups excluding carboxylic acids is 1. The summed E-state index contributed by atoms with van der Waals surface area (Å²) in [6.07, 6.45) is 14.3. The fourth-order valence-corrected chi connectivity index (χ4v) is 4.29. The molecule has 194 valence electrons. The smallest absolute Gasteiger partial charge is 0.159 e. The zero-order valence-electron chi connectivity index (χ0n) is 23.4. The number of allylic oxidation sites excluding steroid dienone is 2. The van der Waals surface area contributed by atoms with Crippen molar-refractivity contribution >= 4 is 5.78 Å². The molecule has 0 saturated heterocycles. The lowest BCUT2D eigenvalue weighted by Crippen LogP contribution is -2.22. The van der Waals surface area contributed by atoms with Crippen molar-refractivity contribution in [3.05, 3.63) is 94.6 Å². The maximum atomic E-state index is 10.8. The summed E-state index contributed by atoms with van der Waals surface area (Å²) in [4.78, 5) is 10.8. The fraction of sp³-hybridized carbons (Fsp3) is 0.441. The molecule has 0 spiro atoms. The van der Waals surface area contributed by atoms with Crippen LogP contribution in [0.4, 0.5) is 0 Å². The quantitative estimate of drug-likeness (QED) is 0.242. The van der Waals surface area contributed by atoms with Gasteiger partial charge >= 0.3 is 0 Å². The predicted molar refractivity (Wildman–Crippen MR) is 155 cm³/mol. The molecule has 0 radical (unpaired) electrons. The standard InChI is InChI=1S/C18H24.C9H10O.C7H12O/c1-3-12-18(13-8-4-5-9-14-18)15-17-11-7-6-10-16(17)2;1-7-3-5-9(6-4-7)8(2)10;1-3-5-7(4-2)6-8/h6-7,10-11H,3-5,8,12-13,15H2,1-2H3;3-6H,1-2H3;3-5,8H,6H2,1-2H3/b;;5-3-,7-4+. The Morgan fingerprint density at radius 1 is 1.06 bits per heavy atom. The number of benzene rings is 2. The molecule has 2 aromatic carbocycles. The average Bonchev–Trinajstić information content (AvgIpc) is 3.11. The van der Waals surface area contributed by atoms with Crippen LogP contribution in [0.5, 0.6) is 0 Å². The maximum absolute atomic E-state index is 10.8. The van der Waals surface area contributed by atoms with E-state index >= 15 is 0 Å². The van der Waals surface area contributed by atoms with Crippen molar-refractivity contribution in [2.75, 3.05) is 6.61 Å². The van der Waals surface area contributed by atoms with E-state index in [4.69, 9.17) is 5.11 Å². The number of rotatable bonds is 7. The van der Waals surface area contributed by atoms with E-state index in [0.717, 1.165) is 24.0 Å². The topological polar surface area (TPSA) is 37.3 Å². The van der Waals surface area contributed by atoms with Gasteiger partial charge in [-0.05, 0) is 77.0 Å². The fourth-order valence-electron chi connectivity index (χ4n) is 4.29. The Labute approximate surface area is 220 Å². The van der Waals surface area contributed by atoms with Gasteiger partial charge in [-0.1, -0.05) is 98.0 Å². The molecule has 0 heterocycles. The lowest BCUT2D eigenvalue weighted by atomic mass is 9.74. The van der Waals surface area contributed by atoms with Gasteiger partial charge in [0.25, 0.3) is 0 Å². The van der Waals surface area contributed by atoms with E-state index in [-0.39, 0.29) is 17.8 Å². The summed E-state index contributed by atoms with van der Waals surface area (Å²) in [5.41, 5.74) is 6.08. The van der Waals surface area contributed by atoms with Crippen LogP contribution in [0.15, 0.2) is 72.3 Å². The first kappa shape index (κ1) is 31.1. The second-order valence-corrected chi connectivity index (χ2v) is 9.59. The van der Waals surface area contributed by atoms with Crippen LogP contribution in [0.3, 0.4) is 0 Å². The number of carbonyl (C=O) groups is 1. The van der Waals surface area contributed by atoms with E-state index in [0.29, 0.717) is 0 Å². The zero-order valence-corrected chi connectivity index (χ0v) is 23.4. The van der Waals surface area contributed by atoms with Crippen molar-refractivity contribution in [3.8, 4) is 11.8 Å². The molecule has 0 amide bonds. The molecule has 0 aromatic heterocycles. The highest BCUT2D eigenvalue weighted by Gasteiger charge is 2.28. The maximum Gasteiger partial charge on any atom is 0.159 e. The van der Waals surface area contributed by atoms with Crippen LogP contribution in [0.1, 0.15) is 93.3 Å². The Kier molecular flexibility index (Phi) is 15.2. The number of hydrogen-bond donors (Lipinski definition) is 1. The third-order valence-electron chi connectivity index (χ3n) is 6.47. The van der Waals surface area contributed by atoms with Crippen LogP contribution < -0.4 is 0 Å². The Balaban J connectivity index is 0.000000304. The monoisotopic (exact) mass is 486 g/mol. The van der Waals surface area contributed by atoms with E-state index in [9.17, 15) is 4.79 Å². The van der Waals surface area contributed by atoms with Gasteiger partial charge in [-0.15, -0.1) is 5.92 Å². The van der Waals surface area contributed by atoms with Gasteiger partial charge in [-0.25, -0.2) is 0 Å². The molecular formula is C34H46O2. The highest BCUT2D eigenvalue weighted by molar-refractivity contribution is 5.93. The normalized spacial score (nSPS) is 17.0. The van der Waals surface area contributed by atoms with Gasteiger partial charge in [0.15, 0.2) is 5.78 Å². The molecule has 0 fully saturated rings. The summed E-state index contributed by atoms with van der Waals surface area (Å²) in [6.45, 7) is 12.1. The Morgan fingerprint density at radius 2 is 1.75 bits per heavy atom. The summed E-state index contributed by atoms with van der Waals surface area (Å²) in [5.74, 6) is 7.16. The predicted octanol–water partition coefficient (Wildman–Crippen LogP) is 8.60. The molecule has 0 saturated carbocycles. The van der Waals surface area contributed by atoms with Crippen molar-refractivity contribution in [2.45, 2.75) is 86.5 Å². The molecule has 36 heavy (non-hydrogen) atoms. The molecule has 3 rings (SSSR count). The molecule has 0 bridgehead atoms. The largest absolute Gasteiger partial charge is 0.392 e. The van der Waals surface area contributed by atoms with Gasteiger partial charge < -0.3 is 5.11 Å². The van der Waals surface area contributed by atoms with Crippen LogP contribution in [-0.4, -0.2) is 17.5 Å². The number of aryl methyl sites for hydroxylation is 2. The lowest BCUT2D eigenvalue weighted by Gasteiger charge is -2.28. The minimum atomic E-state index is 0.125. The summed E-state index contributed by atoms with van der Waals surface area (Å²) >= 11 is 0. The van der Waals surface area contributed by atoms with E-state index < -0.39 is 0 Å². The van der Waals surface area contributed by atoms with Crippen LogP contribution in [0, 0.1) is 31.1 Å². The van der Waals surface area contributed by atoms with Crippen LogP contribution in [0.25, 0.3) is 0 Å². The average molecular weight is 487 g/mol. The summed E-state index contributed by atoms with van der Waals surface area (Å²) < 4.78 is 0. The van der Waals surface area contributed by atoms with Crippen LogP contribution in [-0.2, 0) is 6.42 Å². The molecule has 1 unspecified atom stereocenters. The van der Waals surface area contributed by atoms with Gasteiger partial charge in [0.05, 0.1) is 6.61 Å². The molecule has 0 aliphatic heterocycles. The first-order chi connectivity index (χ1) is 17.3. The Morgan fingerprint density at radius 3 is 2.28 bits per heavy atom. The van der Waals surface area contributed by atoms with E-state index in [1.807, 2.05) is 63.3 Å². The van der Waals surface area contributed by atoms with Gasteiger partial charge in [-0.3, -0.25) is 4.79 Å². The molecule has 1 aliphatic carbocycles. The van der Waals surface area contributed by atoms with Gasteiger partial charge in [0.1, 0.15) is 0 Å². The highest BCUT2D eigenvalue weighted by atomic mass is 16.3. The Hall–Kier alpha value is -2.89. The minimum absolute atomic E-state index is 0.125. The Bertz CT molecular complexity index is 1030.